The van der Waals surface area contributed by atoms with Crippen molar-refractivity contribution in [3.63, 3.8) is 0 Å². The summed E-state index contributed by atoms with van der Waals surface area (Å²) in [6.07, 6.45) is -0.648. The number of aryl methyl sites for hydroxylation is 2. The maximum Gasteiger partial charge on any atom is 0.244 e. The molecule has 1 aromatic heterocycles. The lowest BCUT2D eigenvalue weighted by Gasteiger charge is -2.25. The molecule has 0 aliphatic carbocycles. The highest BCUT2D eigenvalue weighted by Crippen LogP contribution is 2.28. The number of hydrogen-bond acceptors (Lipinski definition) is 5. The van der Waals surface area contributed by atoms with Gasteiger partial charge in [-0.25, -0.2) is 8.42 Å². The molecule has 1 aliphatic rings. The van der Waals surface area contributed by atoms with Gasteiger partial charge < -0.3 is 10.4 Å². The van der Waals surface area contributed by atoms with Gasteiger partial charge in [0.05, 0.1) is 17.0 Å². The Balaban J connectivity index is 2.34. The molecular weight excluding hydrogens is 272 g/mol. The van der Waals surface area contributed by atoms with Gasteiger partial charge in [0.1, 0.15) is 0 Å². The monoisotopic (exact) mass is 290 g/mol. The summed E-state index contributed by atoms with van der Waals surface area (Å²) in [5.74, 6) is 0. The highest BCUT2D eigenvalue weighted by atomic mass is 32.2. The molecule has 2 heterocycles. The summed E-state index contributed by atoms with van der Waals surface area (Å²) in [5, 5.41) is 12.8. The highest BCUT2D eigenvalue weighted by molar-refractivity contribution is 7.89. The number of hydrogen-bond donors (Lipinski definition) is 2. The Bertz CT molecular complexity index is 538. The van der Waals surface area contributed by atoms with Gasteiger partial charge in [-0.05, 0) is 19.9 Å². The van der Waals surface area contributed by atoms with Gasteiger partial charge in [0.25, 0.3) is 0 Å². The molecule has 0 bridgehead atoms. The SMILES string of the molecule is Cc1cc(S(=O)(=O)N(C)[C@@H]2CNC[C@H]2O)c(C)s1. The molecule has 0 radical (unpaired) electrons. The Hall–Kier alpha value is -0.470. The highest BCUT2D eigenvalue weighted by Gasteiger charge is 2.36. The number of nitrogens with one attached hydrogen (secondary N) is 1. The van der Waals surface area contributed by atoms with Crippen LogP contribution in [0.5, 0.6) is 0 Å². The van der Waals surface area contributed by atoms with E-state index in [2.05, 4.69) is 5.32 Å². The number of aliphatic hydroxyl groups excluding tert-OH is 1. The zero-order chi connectivity index (χ0) is 13.5. The Morgan fingerprint density at radius 2 is 2.11 bits per heavy atom. The number of β-amino-alcohol motifs (C(OH)–C–C–N with tert-alkyl or cyclic N) is 1. The van der Waals surface area contributed by atoms with Crippen molar-refractivity contribution in [2.24, 2.45) is 0 Å². The van der Waals surface area contributed by atoms with Crippen LogP contribution in [-0.2, 0) is 10.0 Å². The second kappa shape index (κ2) is 4.90. The summed E-state index contributed by atoms with van der Waals surface area (Å²) < 4.78 is 26.3. The third-order valence-electron chi connectivity index (χ3n) is 3.27. The first-order valence-electron chi connectivity index (χ1n) is 5.78. The van der Waals surface area contributed by atoms with Crippen LogP contribution < -0.4 is 5.32 Å². The number of thiophene rings is 1. The van der Waals surface area contributed by atoms with Crippen molar-refractivity contribution in [2.75, 3.05) is 20.1 Å². The van der Waals surface area contributed by atoms with Crippen LogP contribution in [0.2, 0.25) is 0 Å². The number of likely N-dealkylation sites (N-methyl/N-ethyl adjacent to an activating group) is 1. The van der Waals surface area contributed by atoms with Gasteiger partial charge >= 0.3 is 0 Å². The number of rotatable bonds is 3. The fraction of sp³-hybridized carbons (Fsp3) is 0.636. The average molecular weight is 290 g/mol. The maximum absolute atomic E-state index is 12.5. The van der Waals surface area contributed by atoms with Crippen LogP contribution in [0.15, 0.2) is 11.0 Å². The molecule has 5 nitrogen and oxygen atoms in total. The van der Waals surface area contributed by atoms with Gasteiger partial charge in [0.2, 0.25) is 10.0 Å². The first kappa shape index (κ1) is 14.0. The standard InChI is InChI=1S/C11H18N2O3S2/c1-7-4-11(8(2)17-7)18(15,16)13(3)9-5-12-6-10(9)14/h4,9-10,12,14H,5-6H2,1-3H3/t9-,10-/m1/s1. The summed E-state index contributed by atoms with van der Waals surface area (Å²) in [6, 6.07) is 1.30. The normalized spacial score (nSPS) is 24.9. The first-order valence-corrected chi connectivity index (χ1v) is 8.03. The molecule has 0 saturated carbocycles. The molecule has 2 rings (SSSR count). The van der Waals surface area contributed by atoms with Crippen LogP contribution >= 0.6 is 11.3 Å². The summed E-state index contributed by atoms with van der Waals surface area (Å²) in [4.78, 5) is 2.12. The van der Waals surface area contributed by atoms with E-state index in [1.807, 2.05) is 13.8 Å². The summed E-state index contributed by atoms with van der Waals surface area (Å²) in [6.45, 7) is 4.62. The molecule has 1 aliphatic heterocycles. The molecular formula is C11H18N2O3S2. The average Bonchev–Trinajstić information content (AvgIpc) is 2.83. The van der Waals surface area contributed by atoms with Crippen molar-refractivity contribution in [1.82, 2.24) is 9.62 Å². The molecule has 2 N–H and O–H groups in total. The fourth-order valence-electron chi connectivity index (χ4n) is 2.22. The topological polar surface area (TPSA) is 69.6 Å². The molecule has 1 fully saturated rings. The van der Waals surface area contributed by atoms with E-state index >= 15 is 0 Å². The Morgan fingerprint density at radius 1 is 1.44 bits per heavy atom. The molecule has 1 saturated heterocycles. The molecule has 0 aromatic carbocycles. The van der Waals surface area contributed by atoms with E-state index in [0.29, 0.717) is 18.0 Å². The van der Waals surface area contributed by atoms with Crippen molar-refractivity contribution < 1.29 is 13.5 Å². The van der Waals surface area contributed by atoms with Crippen LogP contribution in [0.1, 0.15) is 9.75 Å². The van der Waals surface area contributed by atoms with Crippen LogP contribution in [0, 0.1) is 13.8 Å². The van der Waals surface area contributed by atoms with Crippen LogP contribution in [0.4, 0.5) is 0 Å². The van der Waals surface area contributed by atoms with E-state index in [9.17, 15) is 13.5 Å². The van der Waals surface area contributed by atoms with E-state index < -0.39 is 22.2 Å². The smallest absolute Gasteiger partial charge is 0.244 e. The molecule has 2 atom stereocenters. The van der Waals surface area contributed by atoms with E-state index in [0.717, 1.165) is 9.75 Å². The Morgan fingerprint density at radius 3 is 2.56 bits per heavy atom. The van der Waals surface area contributed by atoms with Crippen molar-refractivity contribution in [3.8, 4) is 0 Å². The lowest BCUT2D eigenvalue weighted by molar-refractivity contribution is 0.136. The Labute approximate surface area is 111 Å². The maximum atomic E-state index is 12.5. The van der Waals surface area contributed by atoms with Gasteiger partial charge in [-0.3, -0.25) is 0 Å². The summed E-state index contributed by atoms with van der Waals surface area (Å²) in [7, 11) is -1.99. The number of aliphatic hydroxyl groups is 1. The van der Waals surface area contributed by atoms with Crippen LogP contribution in [-0.4, -0.2) is 50.1 Å². The third kappa shape index (κ3) is 2.33. The van der Waals surface area contributed by atoms with Gasteiger partial charge in [-0.1, -0.05) is 0 Å². The fourth-order valence-corrected chi connectivity index (χ4v) is 5.12. The van der Waals surface area contributed by atoms with E-state index in [-0.39, 0.29) is 0 Å². The minimum atomic E-state index is -3.52. The van der Waals surface area contributed by atoms with Crippen molar-refractivity contribution >= 4 is 21.4 Å². The molecule has 0 spiro atoms. The van der Waals surface area contributed by atoms with Crippen molar-refractivity contribution in [2.45, 2.75) is 30.9 Å². The lowest BCUT2D eigenvalue weighted by atomic mass is 10.2. The lowest BCUT2D eigenvalue weighted by Crippen LogP contribution is -2.44. The van der Waals surface area contributed by atoms with Crippen molar-refractivity contribution in [1.29, 1.82) is 0 Å². The van der Waals surface area contributed by atoms with Crippen LogP contribution in [0.3, 0.4) is 0 Å². The number of nitrogens with zero attached hydrogens (tertiary/aromatic N) is 1. The van der Waals surface area contributed by atoms with Gasteiger partial charge in [0, 0.05) is 29.9 Å². The molecule has 7 heteroatoms. The van der Waals surface area contributed by atoms with Crippen molar-refractivity contribution in [3.05, 3.63) is 15.8 Å². The predicted molar refractivity (Wildman–Crippen MR) is 71.4 cm³/mol. The van der Waals surface area contributed by atoms with Gasteiger partial charge in [-0.2, -0.15) is 4.31 Å². The third-order valence-corrected chi connectivity index (χ3v) is 6.37. The molecule has 18 heavy (non-hydrogen) atoms. The zero-order valence-corrected chi connectivity index (χ0v) is 12.3. The van der Waals surface area contributed by atoms with Gasteiger partial charge in [0.15, 0.2) is 0 Å². The minimum Gasteiger partial charge on any atom is -0.390 e. The number of sulfonamides is 1. The minimum absolute atomic E-state index is 0.353. The largest absolute Gasteiger partial charge is 0.390 e. The predicted octanol–water partition coefficient (Wildman–Crippen LogP) is 0.318. The van der Waals surface area contributed by atoms with E-state index in [1.54, 1.807) is 6.07 Å². The van der Waals surface area contributed by atoms with Gasteiger partial charge in [-0.15, -0.1) is 11.3 Å². The second-order valence-corrected chi connectivity index (χ2v) is 8.02. The van der Waals surface area contributed by atoms with E-state index in [1.165, 1.54) is 22.7 Å². The summed E-state index contributed by atoms with van der Waals surface area (Å²) >= 11 is 1.47. The quantitative estimate of drug-likeness (QED) is 0.841. The zero-order valence-electron chi connectivity index (χ0n) is 10.7. The molecule has 102 valence electrons. The molecule has 0 amide bonds. The first-order chi connectivity index (χ1) is 8.34. The summed E-state index contributed by atoms with van der Waals surface area (Å²) in [5.41, 5.74) is 0. The second-order valence-electron chi connectivity index (χ2n) is 4.59. The molecule has 1 aromatic rings. The Kier molecular flexibility index (Phi) is 3.80. The molecule has 0 unspecified atom stereocenters. The van der Waals surface area contributed by atoms with Crippen LogP contribution in [0.25, 0.3) is 0 Å². The van der Waals surface area contributed by atoms with E-state index in [4.69, 9.17) is 0 Å².